The Bertz CT molecular complexity index is 1250. The lowest BCUT2D eigenvalue weighted by atomic mass is 9.95. The van der Waals surface area contributed by atoms with Crippen LogP contribution in [-0.2, 0) is 34.0 Å². The highest BCUT2D eigenvalue weighted by Crippen LogP contribution is 2.28. The van der Waals surface area contributed by atoms with E-state index in [1.54, 1.807) is 42.5 Å². The molecule has 1 aromatic heterocycles. The van der Waals surface area contributed by atoms with Gasteiger partial charge in [-0.3, -0.25) is 9.89 Å². The lowest BCUT2D eigenvalue weighted by Crippen LogP contribution is -2.43. The van der Waals surface area contributed by atoms with Gasteiger partial charge in [0.2, 0.25) is 15.7 Å². The van der Waals surface area contributed by atoms with Crippen molar-refractivity contribution in [2.75, 3.05) is 18.0 Å². The topological polar surface area (TPSA) is 95.2 Å². The van der Waals surface area contributed by atoms with Crippen LogP contribution in [0.3, 0.4) is 0 Å². The van der Waals surface area contributed by atoms with Crippen molar-refractivity contribution in [3.05, 3.63) is 71.4 Å². The number of unbranched alkanes of at least 4 members (excludes halogenated alkanes) is 2. The highest BCUT2D eigenvalue weighted by molar-refractivity contribution is 7.91. The predicted octanol–water partition coefficient (Wildman–Crippen LogP) is 4.29. The van der Waals surface area contributed by atoms with Crippen molar-refractivity contribution >= 4 is 21.6 Å². The normalized spacial score (nSPS) is 15.6. The van der Waals surface area contributed by atoms with Gasteiger partial charge in [0.05, 0.1) is 21.9 Å². The molecule has 0 saturated heterocycles. The summed E-state index contributed by atoms with van der Waals surface area (Å²) in [6.45, 7) is 6.11. The van der Waals surface area contributed by atoms with Crippen LogP contribution in [0, 0.1) is 5.92 Å². The molecule has 4 rings (SSSR count). The number of benzene rings is 2. The van der Waals surface area contributed by atoms with Gasteiger partial charge in [0, 0.05) is 25.2 Å². The Kier molecular flexibility index (Phi) is 7.90. The molecule has 0 saturated carbocycles. The Hall–Kier alpha value is -3.13. The Morgan fingerprint density at radius 1 is 1.09 bits per heavy atom. The first kappa shape index (κ1) is 25.0. The summed E-state index contributed by atoms with van der Waals surface area (Å²) in [6.07, 6.45) is 6.65. The zero-order valence-electron chi connectivity index (χ0n) is 20.5. The van der Waals surface area contributed by atoms with Crippen molar-refractivity contribution in [1.29, 1.82) is 0 Å². The molecule has 186 valence electrons. The molecule has 8 heteroatoms. The van der Waals surface area contributed by atoms with Gasteiger partial charge in [-0.1, -0.05) is 51.0 Å². The summed E-state index contributed by atoms with van der Waals surface area (Å²) in [7, 11) is -3.58. The van der Waals surface area contributed by atoms with Gasteiger partial charge in [-0.2, -0.15) is 5.10 Å². The maximum Gasteiger partial charge on any atom is 0.225 e. The van der Waals surface area contributed by atoms with Crippen LogP contribution in [0.4, 0.5) is 5.82 Å². The number of H-pyrrole nitrogens is 1. The number of aryl methyl sites for hydroxylation is 1. The number of amides is 1. The van der Waals surface area contributed by atoms with E-state index in [9.17, 15) is 13.2 Å². The molecule has 7 nitrogen and oxygen atoms in total. The summed E-state index contributed by atoms with van der Waals surface area (Å²) >= 11 is 0. The number of sulfone groups is 1. The molecule has 0 spiro atoms. The fourth-order valence-electron chi connectivity index (χ4n) is 4.53. The Balaban J connectivity index is 1.38. The number of rotatable bonds is 10. The lowest BCUT2D eigenvalue weighted by molar-refractivity contribution is -0.125. The van der Waals surface area contributed by atoms with Gasteiger partial charge in [-0.05, 0) is 54.7 Å². The molecule has 1 aliphatic heterocycles. The number of anilines is 1. The summed E-state index contributed by atoms with van der Waals surface area (Å²) in [5, 5.41) is 10.3. The molecule has 1 amide bonds. The van der Waals surface area contributed by atoms with Crippen molar-refractivity contribution in [2.24, 2.45) is 5.92 Å². The van der Waals surface area contributed by atoms with Crippen LogP contribution < -0.4 is 10.2 Å². The highest BCUT2D eigenvalue weighted by atomic mass is 32.2. The molecule has 0 bridgehead atoms. The second-order valence-electron chi connectivity index (χ2n) is 9.16. The number of nitrogens with one attached hydrogen (secondary N) is 2. The first-order chi connectivity index (χ1) is 16.9. The Labute approximate surface area is 207 Å². The third-order valence-electron chi connectivity index (χ3n) is 6.64. The monoisotopic (exact) mass is 494 g/mol. The van der Waals surface area contributed by atoms with Crippen LogP contribution >= 0.6 is 0 Å². The van der Waals surface area contributed by atoms with E-state index in [0.29, 0.717) is 24.4 Å². The number of hydrogen-bond acceptors (Lipinski definition) is 5. The quantitative estimate of drug-likeness (QED) is 0.410. The maximum atomic E-state index is 13.0. The number of carbonyl (C=O) groups is 1. The van der Waals surface area contributed by atoms with E-state index in [1.165, 1.54) is 0 Å². The molecule has 2 N–H and O–H groups in total. The second kappa shape index (κ2) is 11.1. The Morgan fingerprint density at radius 2 is 1.89 bits per heavy atom. The van der Waals surface area contributed by atoms with Crippen LogP contribution in [0.5, 0.6) is 0 Å². The number of aromatic nitrogens is 2. The fraction of sp³-hybridized carbons (Fsp3) is 0.407. The van der Waals surface area contributed by atoms with E-state index >= 15 is 0 Å². The van der Waals surface area contributed by atoms with E-state index in [0.717, 1.165) is 54.7 Å². The van der Waals surface area contributed by atoms with E-state index < -0.39 is 9.84 Å². The van der Waals surface area contributed by atoms with Gasteiger partial charge < -0.3 is 10.2 Å². The largest absolute Gasteiger partial charge is 0.356 e. The van der Waals surface area contributed by atoms with Gasteiger partial charge in [0.15, 0.2) is 0 Å². The van der Waals surface area contributed by atoms with Crippen LogP contribution in [0.2, 0.25) is 0 Å². The summed E-state index contributed by atoms with van der Waals surface area (Å²) in [5.74, 6) is 0.893. The zero-order valence-corrected chi connectivity index (χ0v) is 21.3. The van der Waals surface area contributed by atoms with Gasteiger partial charge in [0.1, 0.15) is 5.82 Å². The van der Waals surface area contributed by atoms with Crippen LogP contribution in [0.1, 0.15) is 49.8 Å². The van der Waals surface area contributed by atoms with Crippen LogP contribution in [0.25, 0.3) is 0 Å². The highest BCUT2D eigenvalue weighted by Gasteiger charge is 2.30. The average molecular weight is 495 g/mol. The van der Waals surface area contributed by atoms with Gasteiger partial charge in [-0.25, -0.2) is 8.42 Å². The summed E-state index contributed by atoms with van der Waals surface area (Å²) in [6, 6.07) is 13.8. The molecule has 0 aliphatic carbocycles. The lowest BCUT2D eigenvalue weighted by Gasteiger charge is -2.33. The van der Waals surface area contributed by atoms with Gasteiger partial charge in [-0.15, -0.1) is 0 Å². The third kappa shape index (κ3) is 5.75. The Morgan fingerprint density at radius 3 is 2.63 bits per heavy atom. The van der Waals surface area contributed by atoms with Crippen LogP contribution in [-0.4, -0.2) is 37.6 Å². The van der Waals surface area contributed by atoms with Crippen molar-refractivity contribution in [1.82, 2.24) is 15.5 Å². The second-order valence-corrected chi connectivity index (χ2v) is 11.1. The first-order valence-electron chi connectivity index (χ1n) is 12.4. The molecule has 1 unspecified atom stereocenters. The van der Waals surface area contributed by atoms with Crippen LogP contribution in [0.15, 0.2) is 64.5 Å². The first-order valence-corrected chi connectivity index (χ1v) is 13.9. The number of hydrogen-bond donors (Lipinski definition) is 2. The average Bonchev–Trinajstić information content (AvgIpc) is 3.36. The number of carbonyl (C=O) groups excluding carboxylic acids is 1. The molecule has 3 aromatic rings. The smallest absolute Gasteiger partial charge is 0.225 e. The minimum atomic E-state index is -3.58. The van der Waals surface area contributed by atoms with E-state index in [1.807, 2.05) is 19.2 Å². The van der Waals surface area contributed by atoms with E-state index in [-0.39, 0.29) is 16.7 Å². The molecule has 1 atom stereocenters. The molecule has 35 heavy (non-hydrogen) atoms. The number of aromatic amines is 1. The van der Waals surface area contributed by atoms with Gasteiger partial charge >= 0.3 is 0 Å². The molecule has 2 heterocycles. The van der Waals surface area contributed by atoms with E-state index in [4.69, 9.17) is 0 Å². The zero-order chi connectivity index (χ0) is 24.8. The fourth-order valence-corrected chi connectivity index (χ4v) is 5.87. The number of nitrogens with zero attached hydrogens (tertiary/aromatic N) is 2. The minimum Gasteiger partial charge on any atom is -0.356 e. The van der Waals surface area contributed by atoms with E-state index in [2.05, 4.69) is 27.3 Å². The molecule has 1 aliphatic rings. The summed E-state index contributed by atoms with van der Waals surface area (Å²) in [5.41, 5.74) is 2.92. The predicted molar refractivity (Wildman–Crippen MR) is 137 cm³/mol. The van der Waals surface area contributed by atoms with Crippen molar-refractivity contribution < 1.29 is 13.2 Å². The third-order valence-corrected chi connectivity index (χ3v) is 8.41. The molecule has 2 aromatic carbocycles. The summed E-state index contributed by atoms with van der Waals surface area (Å²) in [4.78, 5) is 15.8. The SMILES string of the molecule is CCCCCN1CC(C(=O)NCc2ccc(S(=O)(=O)c3cccc(CC)c3)cc2)Cc2cn[nH]c21. The number of fused-ring (bicyclic) bond motifs is 1. The molecular weight excluding hydrogens is 460 g/mol. The maximum absolute atomic E-state index is 13.0. The van der Waals surface area contributed by atoms with Crippen molar-refractivity contribution in [3.8, 4) is 0 Å². The summed E-state index contributed by atoms with van der Waals surface area (Å²) < 4.78 is 26.0. The van der Waals surface area contributed by atoms with Gasteiger partial charge in [0.25, 0.3) is 0 Å². The molecular formula is C27H34N4O3S. The van der Waals surface area contributed by atoms with Crippen molar-refractivity contribution in [3.63, 3.8) is 0 Å². The van der Waals surface area contributed by atoms with Crippen molar-refractivity contribution in [2.45, 2.75) is 62.3 Å². The molecule has 0 fully saturated rings. The standard InChI is InChI=1S/C27H34N4O3S/c1-3-5-6-14-31-19-23(16-22-18-29-30-26(22)31)27(32)28-17-21-10-12-24(13-11-21)35(33,34)25-9-7-8-20(4-2)15-25/h7-13,15,18,23H,3-6,14,16-17,19H2,1-2H3,(H,28,32)(H,29,30). The minimum absolute atomic E-state index is 0.00502. The molecule has 0 radical (unpaired) electrons.